The number of hydrogen-bond acceptors (Lipinski definition) is 4. The van der Waals surface area contributed by atoms with Gasteiger partial charge in [-0.1, -0.05) is 24.6 Å². The van der Waals surface area contributed by atoms with Gasteiger partial charge in [0.1, 0.15) is 17.2 Å². The monoisotopic (exact) mass is 455 g/mol. The van der Waals surface area contributed by atoms with Gasteiger partial charge in [0.15, 0.2) is 0 Å². The van der Waals surface area contributed by atoms with Crippen LogP contribution in [-0.2, 0) is 11.2 Å². The Morgan fingerprint density at radius 3 is 2.48 bits per heavy atom. The summed E-state index contributed by atoms with van der Waals surface area (Å²) in [6.45, 7) is 2.55. The van der Waals surface area contributed by atoms with Crippen molar-refractivity contribution in [2.75, 3.05) is 26.1 Å². The first-order valence-electron chi connectivity index (χ1n) is 8.61. The van der Waals surface area contributed by atoms with Crippen molar-refractivity contribution in [1.29, 1.82) is 0 Å². The number of carbonyl (C=O) groups is 1. The molecule has 0 saturated carbocycles. The van der Waals surface area contributed by atoms with E-state index in [0.717, 1.165) is 16.6 Å². The van der Waals surface area contributed by atoms with E-state index in [4.69, 9.17) is 25.8 Å². The maximum Gasteiger partial charge on any atom is 0.224 e. The highest BCUT2D eigenvalue weighted by atomic mass is 79.9. The van der Waals surface area contributed by atoms with E-state index in [-0.39, 0.29) is 5.91 Å². The zero-order valence-corrected chi connectivity index (χ0v) is 17.9. The summed E-state index contributed by atoms with van der Waals surface area (Å²) in [7, 11) is 3.03. The van der Waals surface area contributed by atoms with E-state index in [2.05, 4.69) is 28.2 Å². The van der Waals surface area contributed by atoms with Gasteiger partial charge in [-0.15, -0.1) is 0 Å². The molecule has 0 aliphatic heterocycles. The molecule has 0 atom stereocenters. The van der Waals surface area contributed by atoms with Crippen LogP contribution in [0.2, 0.25) is 5.02 Å². The van der Waals surface area contributed by atoms with Crippen LogP contribution >= 0.6 is 27.5 Å². The number of ether oxygens (including phenoxy) is 3. The number of benzene rings is 2. The highest BCUT2D eigenvalue weighted by Gasteiger charge is 2.12. The molecule has 0 spiro atoms. The van der Waals surface area contributed by atoms with Gasteiger partial charge in [0.2, 0.25) is 5.91 Å². The Morgan fingerprint density at radius 1 is 1.11 bits per heavy atom. The minimum atomic E-state index is -0.137. The van der Waals surface area contributed by atoms with Crippen LogP contribution in [0.4, 0.5) is 5.69 Å². The van der Waals surface area contributed by atoms with Crippen LogP contribution in [0.25, 0.3) is 0 Å². The zero-order chi connectivity index (χ0) is 19.8. The Bertz CT molecular complexity index is 798. The van der Waals surface area contributed by atoms with E-state index < -0.39 is 0 Å². The van der Waals surface area contributed by atoms with Gasteiger partial charge in [0.05, 0.1) is 36.0 Å². The molecule has 0 fully saturated rings. The van der Waals surface area contributed by atoms with Crippen molar-refractivity contribution in [2.45, 2.75) is 26.2 Å². The molecule has 0 heterocycles. The molecule has 2 aromatic rings. The quantitative estimate of drug-likeness (QED) is 0.508. The largest absolute Gasteiger partial charge is 0.495 e. The van der Waals surface area contributed by atoms with Gasteiger partial charge < -0.3 is 19.5 Å². The summed E-state index contributed by atoms with van der Waals surface area (Å²) in [5.74, 6) is 1.58. The highest BCUT2D eigenvalue weighted by molar-refractivity contribution is 9.10. The van der Waals surface area contributed by atoms with Crippen LogP contribution < -0.4 is 19.5 Å². The van der Waals surface area contributed by atoms with Crippen LogP contribution in [0.1, 0.15) is 25.3 Å². The van der Waals surface area contributed by atoms with Crippen LogP contribution in [-0.4, -0.2) is 26.7 Å². The highest BCUT2D eigenvalue weighted by Crippen LogP contribution is 2.36. The smallest absolute Gasteiger partial charge is 0.224 e. The molecule has 1 N–H and O–H groups in total. The Kier molecular flexibility index (Phi) is 8.25. The number of halogens is 2. The number of aryl methyl sites for hydroxylation is 1. The maximum absolute atomic E-state index is 12.2. The fourth-order valence-corrected chi connectivity index (χ4v) is 3.24. The fraction of sp³-hybridized carbons (Fsp3) is 0.350. The summed E-state index contributed by atoms with van der Waals surface area (Å²) >= 11 is 9.58. The summed E-state index contributed by atoms with van der Waals surface area (Å²) in [5, 5.41) is 3.24. The van der Waals surface area contributed by atoms with E-state index in [0.29, 0.717) is 41.7 Å². The summed E-state index contributed by atoms with van der Waals surface area (Å²) in [6.07, 6.45) is 1.87. The average Bonchev–Trinajstić information content (AvgIpc) is 2.67. The second-order valence-electron chi connectivity index (χ2n) is 5.81. The predicted molar refractivity (Wildman–Crippen MR) is 111 cm³/mol. The number of rotatable bonds is 9. The number of amides is 1. The first-order valence-corrected chi connectivity index (χ1v) is 9.78. The summed E-state index contributed by atoms with van der Waals surface area (Å²) in [4.78, 5) is 12.2. The Hall–Kier alpha value is -1.92. The van der Waals surface area contributed by atoms with Crippen molar-refractivity contribution in [1.82, 2.24) is 0 Å². The molecule has 0 aliphatic rings. The van der Waals surface area contributed by atoms with Gasteiger partial charge in [-0.2, -0.15) is 0 Å². The maximum atomic E-state index is 12.2. The third-order valence-electron chi connectivity index (χ3n) is 3.96. The molecule has 0 aliphatic carbocycles. The molecular formula is C20H23BrClNO4. The summed E-state index contributed by atoms with van der Waals surface area (Å²) in [5.41, 5.74) is 1.75. The number of nitrogens with one attached hydrogen (secondary N) is 1. The SMILES string of the molecule is CCc1ccc(OCCCC(=O)Nc2cc(OC)c(Cl)cc2OC)c(Br)c1. The molecular weight excluding hydrogens is 434 g/mol. The molecule has 2 rings (SSSR count). The number of methoxy groups -OCH3 is 2. The van der Waals surface area contributed by atoms with Crippen LogP contribution in [0.5, 0.6) is 17.2 Å². The lowest BCUT2D eigenvalue weighted by Gasteiger charge is -2.13. The normalized spacial score (nSPS) is 10.4. The fourth-order valence-electron chi connectivity index (χ4n) is 2.47. The molecule has 7 heteroatoms. The topological polar surface area (TPSA) is 56.8 Å². The molecule has 0 saturated heterocycles. The Balaban J connectivity index is 1.86. The first-order chi connectivity index (χ1) is 13.0. The average molecular weight is 457 g/mol. The van der Waals surface area contributed by atoms with Gasteiger partial charge in [0, 0.05) is 18.6 Å². The Morgan fingerprint density at radius 2 is 1.85 bits per heavy atom. The van der Waals surface area contributed by atoms with Crippen molar-refractivity contribution >= 4 is 39.1 Å². The van der Waals surface area contributed by atoms with Crippen molar-refractivity contribution in [3.8, 4) is 17.2 Å². The lowest BCUT2D eigenvalue weighted by Crippen LogP contribution is -2.13. The van der Waals surface area contributed by atoms with Crippen LogP contribution in [0.3, 0.4) is 0 Å². The van der Waals surface area contributed by atoms with Crippen molar-refractivity contribution in [2.24, 2.45) is 0 Å². The molecule has 27 heavy (non-hydrogen) atoms. The number of anilines is 1. The molecule has 0 aromatic heterocycles. The molecule has 0 radical (unpaired) electrons. The van der Waals surface area contributed by atoms with E-state index in [9.17, 15) is 4.79 Å². The van der Waals surface area contributed by atoms with E-state index >= 15 is 0 Å². The first kappa shape index (κ1) is 21.4. The van der Waals surface area contributed by atoms with Crippen molar-refractivity contribution in [3.63, 3.8) is 0 Å². The molecule has 1 amide bonds. The van der Waals surface area contributed by atoms with Gasteiger partial charge in [0.25, 0.3) is 0 Å². The van der Waals surface area contributed by atoms with Crippen molar-refractivity contribution < 1.29 is 19.0 Å². The minimum Gasteiger partial charge on any atom is -0.495 e. The lowest BCUT2D eigenvalue weighted by atomic mass is 10.2. The van der Waals surface area contributed by atoms with Crippen LogP contribution in [0.15, 0.2) is 34.8 Å². The van der Waals surface area contributed by atoms with Gasteiger partial charge in [-0.05, 0) is 46.5 Å². The second kappa shape index (κ2) is 10.4. The Labute approximate surface area is 173 Å². The molecule has 146 valence electrons. The third kappa shape index (κ3) is 6.04. The van der Waals surface area contributed by atoms with Gasteiger partial charge in [-0.3, -0.25) is 4.79 Å². The molecule has 0 unspecified atom stereocenters. The standard InChI is InChI=1S/C20H23BrClNO4/c1-4-13-7-8-17(14(21)10-13)27-9-5-6-20(24)23-16-12-18(25-2)15(22)11-19(16)26-3/h7-8,10-12H,4-6,9H2,1-3H3,(H,23,24). The third-order valence-corrected chi connectivity index (χ3v) is 4.87. The second-order valence-corrected chi connectivity index (χ2v) is 7.07. The van der Waals surface area contributed by atoms with Crippen molar-refractivity contribution in [3.05, 3.63) is 45.4 Å². The minimum absolute atomic E-state index is 0.137. The van der Waals surface area contributed by atoms with E-state index in [1.165, 1.54) is 19.8 Å². The summed E-state index contributed by atoms with van der Waals surface area (Å²) in [6, 6.07) is 9.27. The number of carbonyl (C=O) groups excluding carboxylic acids is 1. The van der Waals surface area contributed by atoms with Crippen LogP contribution in [0, 0.1) is 0 Å². The van der Waals surface area contributed by atoms with E-state index in [1.807, 2.05) is 18.2 Å². The number of hydrogen-bond donors (Lipinski definition) is 1. The van der Waals surface area contributed by atoms with Gasteiger partial charge in [-0.25, -0.2) is 0 Å². The predicted octanol–water partition coefficient (Wildman–Crippen LogP) is 5.48. The molecule has 0 bridgehead atoms. The molecule has 2 aromatic carbocycles. The lowest BCUT2D eigenvalue weighted by molar-refractivity contribution is -0.116. The van der Waals surface area contributed by atoms with Gasteiger partial charge >= 0.3 is 0 Å². The molecule has 5 nitrogen and oxygen atoms in total. The summed E-state index contributed by atoms with van der Waals surface area (Å²) < 4.78 is 17.1. The zero-order valence-electron chi connectivity index (χ0n) is 15.6. The van der Waals surface area contributed by atoms with E-state index in [1.54, 1.807) is 12.1 Å².